The molecule has 2 aliphatic rings. The molecule has 0 spiro atoms. The van der Waals surface area contributed by atoms with Gasteiger partial charge in [-0.2, -0.15) is 0 Å². The maximum Gasteiger partial charge on any atom is 0.220 e. The third-order valence-corrected chi connectivity index (χ3v) is 4.68. The molecule has 0 aromatic heterocycles. The van der Waals surface area contributed by atoms with Crippen molar-refractivity contribution in [3.63, 3.8) is 0 Å². The minimum atomic E-state index is -0.117. The molecule has 1 aliphatic heterocycles. The number of nitrogens with one attached hydrogen (secondary N) is 1. The highest BCUT2D eigenvalue weighted by molar-refractivity contribution is 5.76. The van der Waals surface area contributed by atoms with Gasteiger partial charge in [0, 0.05) is 31.1 Å². The van der Waals surface area contributed by atoms with Crippen LogP contribution in [-0.4, -0.2) is 29.9 Å². The van der Waals surface area contributed by atoms with Gasteiger partial charge in [0.25, 0.3) is 0 Å². The molecule has 22 heavy (non-hydrogen) atoms. The fraction of sp³-hybridized carbons (Fsp3) is 0.611. The van der Waals surface area contributed by atoms with Crippen LogP contribution in [0.5, 0.6) is 0 Å². The lowest BCUT2D eigenvalue weighted by molar-refractivity contribution is -0.121. The Hall–Kier alpha value is -1.42. The van der Waals surface area contributed by atoms with Crippen molar-refractivity contribution in [2.24, 2.45) is 5.92 Å². The average Bonchev–Trinajstić information content (AvgIpc) is 3.32. The van der Waals surface area contributed by atoms with E-state index in [-0.39, 0.29) is 11.7 Å². The first-order chi connectivity index (χ1) is 10.7. The number of halogens is 1. The number of carbonyl (C=O) groups excluding carboxylic acids is 1. The minimum absolute atomic E-state index is 0.117. The van der Waals surface area contributed by atoms with Crippen molar-refractivity contribution >= 4 is 5.91 Å². The Balaban J connectivity index is 1.44. The van der Waals surface area contributed by atoms with Gasteiger partial charge in [-0.25, -0.2) is 4.39 Å². The van der Waals surface area contributed by atoms with E-state index in [0.717, 1.165) is 44.3 Å². The van der Waals surface area contributed by atoms with E-state index in [2.05, 4.69) is 10.2 Å². The highest BCUT2D eigenvalue weighted by Gasteiger charge is 2.25. The van der Waals surface area contributed by atoms with E-state index in [9.17, 15) is 9.18 Å². The number of rotatable bonds is 6. The molecule has 0 radical (unpaired) electrons. The summed E-state index contributed by atoms with van der Waals surface area (Å²) >= 11 is 0. The van der Waals surface area contributed by atoms with Crippen molar-refractivity contribution in [1.82, 2.24) is 10.2 Å². The van der Waals surface area contributed by atoms with Crippen LogP contribution in [0.25, 0.3) is 0 Å². The molecule has 120 valence electrons. The maximum absolute atomic E-state index is 13.7. The number of carbonyl (C=O) groups is 1. The fourth-order valence-electron chi connectivity index (χ4n) is 3.26. The molecule has 1 saturated heterocycles. The van der Waals surface area contributed by atoms with Gasteiger partial charge < -0.3 is 5.32 Å². The molecule has 0 bridgehead atoms. The molecule has 3 rings (SSSR count). The lowest BCUT2D eigenvalue weighted by Crippen LogP contribution is -2.36. The summed E-state index contributed by atoms with van der Waals surface area (Å²) in [4.78, 5) is 14.1. The van der Waals surface area contributed by atoms with E-state index in [1.807, 2.05) is 12.1 Å². The van der Waals surface area contributed by atoms with Gasteiger partial charge in [-0.15, -0.1) is 0 Å². The van der Waals surface area contributed by atoms with Gasteiger partial charge in [0.2, 0.25) is 5.91 Å². The molecule has 1 saturated carbocycles. The number of likely N-dealkylation sites (tertiary alicyclic amines) is 1. The standard InChI is InChI=1S/C18H25FN2O/c19-17-6-2-1-5-15(17)13-21-11-3-4-14(12-21)7-10-18(22)20-16-8-9-16/h1-2,5-6,14,16H,3-4,7-13H2,(H,20,22). The monoisotopic (exact) mass is 304 g/mol. The Morgan fingerprint density at radius 1 is 1.27 bits per heavy atom. The SMILES string of the molecule is O=C(CCC1CCCN(Cc2ccccc2F)C1)NC1CC1. The summed E-state index contributed by atoms with van der Waals surface area (Å²) in [5, 5.41) is 3.05. The molecule has 1 unspecified atom stereocenters. The van der Waals surface area contributed by atoms with Crippen LogP contribution in [-0.2, 0) is 11.3 Å². The van der Waals surface area contributed by atoms with Crippen LogP contribution in [0.3, 0.4) is 0 Å². The van der Waals surface area contributed by atoms with Gasteiger partial charge in [0.05, 0.1) is 0 Å². The number of hydrogen-bond acceptors (Lipinski definition) is 2. The Kier molecular flexibility index (Phi) is 5.08. The van der Waals surface area contributed by atoms with E-state index >= 15 is 0 Å². The van der Waals surface area contributed by atoms with Crippen LogP contribution in [0.1, 0.15) is 44.1 Å². The van der Waals surface area contributed by atoms with Crippen molar-refractivity contribution in [1.29, 1.82) is 0 Å². The van der Waals surface area contributed by atoms with Crippen molar-refractivity contribution in [2.75, 3.05) is 13.1 Å². The lowest BCUT2D eigenvalue weighted by atomic mass is 9.93. The molecular formula is C18H25FN2O. The maximum atomic E-state index is 13.7. The van der Waals surface area contributed by atoms with E-state index in [1.54, 1.807) is 6.07 Å². The Labute approximate surface area is 131 Å². The molecule has 1 aliphatic carbocycles. The van der Waals surface area contributed by atoms with Crippen molar-refractivity contribution in [2.45, 2.75) is 51.1 Å². The predicted molar refractivity (Wildman–Crippen MR) is 84.8 cm³/mol. The van der Waals surface area contributed by atoms with E-state index in [0.29, 0.717) is 24.9 Å². The summed E-state index contributed by atoms with van der Waals surface area (Å²) < 4.78 is 13.7. The summed E-state index contributed by atoms with van der Waals surface area (Å²) in [5.74, 6) is 0.646. The molecule has 1 heterocycles. The van der Waals surface area contributed by atoms with Gasteiger partial charge in [0.1, 0.15) is 5.82 Å². The van der Waals surface area contributed by atoms with Gasteiger partial charge in [-0.1, -0.05) is 18.2 Å². The summed E-state index contributed by atoms with van der Waals surface area (Å²) in [6, 6.07) is 7.47. The first-order valence-corrected chi connectivity index (χ1v) is 8.46. The zero-order valence-corrected chi connectivity index (χ0v) is 13.1. The predicted octanol–water partition coefficient (Wildman–Crippen LogP) is 3.10. The highest BCUT2D eigenvalue weighted by atomic mass is 19.1. The second-order valence-corrected chi connectivity index (χ2v) is 6.72. The summed E-state index contributed by atoms with van der Waals surface area (Å²) in [5.41, 5.74) is 0.773. The van der Waals surface area contributed by atoms with Crippen molar-refractivity contribution in [3.8, 4) is 0 Å². The topological polar surface area (TPSA) is 32.3 Å². The number of nitrogens with zero attached hydrogens (tertiary/aromatic N) is 1. The summed E-state index contributed by atoms with van der Waals surface area (Å²) in [6.07, 6.45) is 6.20. The third kappa shape index (κ3) is 4.54. The van der Waals surface area contributed by atoms with Crippen LogP contribution in [0.15, 0.2) is 24.3 Å². The van der Waals surface area contributed by atoms with Crippen LogP contribution in [0, 0.1) is 11.7 Å². The van der Waals surface area contributed by atoms with E-state index < -0.39 is 0 Å². The van der Waals surface area contributed by atoms with Gasteiger partial charge in [-0.3, -0.25) is 9.69 Å². The van der Waals surface area contributed by atoms with Crippen molar-refractivity contribution in [3.05, 3.63) is 35.6 Å². The Bertz CT molecular complexity index is 516. The zero-order chi connectivity index (χ0) is 15.4. The molecule has 2 fully saturated rings. The second kappa shape index (κ2) is 7.23. The summed E-state index contributed by atoms with van der Waals surface area (Å²) in [7, 11) is 0. The molecule has 1 amide bonds. The molecular weight excluding hydrogens is 279 g/mol. The Morgan fingerprint density at radius 3 is 2.86 bits per heavy atom. The quantitative estimate of drug-likeness (QED) is 0.876. The molecule has 1 N–H and O–H groups in total. The third-order valence-electron chi connectivity index (χ3n) is 4.68. The zero-order valence-electron chi connectivity index (χ0n) is 13.1. The van der Waals surface area contributed by atoms with Gasteiger partial charge in [-0.05, 0) is 50.6 Å². The normalized spacial score (nSPS) is 22.5. The fourth-order valence-corrected chi connectivity index (χ4v) is 3.26. The number of benzene rings is 1. The summed E-state index contributed by atoms with van der Waals surface area (Å²) in [6.45, 7) is 2.68. The first-order valence-electron chi connectivity index (χ1n) is 8.46. The number of piperidine rings is 1. The molecule has 1 aromatic carbocycles. The van der Waals surface area contributed by atoms with Crippen LogP contribution in [0.2, 0.25) is 0 Å². The molecule has 4 heteroatoms. The van der Waals surface area contributed by atoms with Gasteiger partial charge in [0.15, 0.2) is 0 Å². The molecule has 3 nitrogen and oxygen atoms in total. The smallest absolute Gasteiger partial charge is 0.220 e. The number of amides is 1. The molecule has 1 aromatic rings. The Morgan fingerprint density at radius 2 is 2.09 bits per heavy atom. The second-order valence-electron chi connectivity index (χ2n) is 6.72. The van der Waals surface area contributed by atoms with E-state index in [1.165, 1.54) is 12.5 Å². The van der Waals surface area contributed by atoms with Crippen LogP contribution in [0.4, 0.5) is 4.39 Å². The van der Waals surface area contributed by atoms with Crippen LogP contribution < -0.4 is 5.32 Å². The van der Waals surface area contributed by atoms with Gasteiger partial charge >= 0.3 is 0 Å². The van der Waals surface area contributed by atoms with Crippen molar-refractivity contribution < 1.29 is 9.18 Å². The minimum Gasteiger partial charge on any atom is -0.353 e. The van der Waals surface area contributed by atoms with E-state index in [4.69, 9.17) is 0 Å². The molecule has 1 atom stereocenters. The van der Waals surface area contributed by atoms with Crippen LogP contribution >= 0.6 is 0 Å². The lowest BCUT2D eigenvalue weighted by Gasteiger charge is -2.32. The highest BCUT2D eigenvalue weighted by Crippen LogP contribution is 2.24. The average molecular weight is 304 g/mol. The first kappa shape index (κ1) is 15.5. The largest absolute Gasteiger partial charge is 0.353 e. The number of hydrogen-bond donors (Lipinski definition) is 1.